The second-order valence-electron chi connectivity index (χ2n) is 5.60. The highest BCUT2D eigenvalue weighted by Gasteiger charge is 2.14. The van der Waals surface area contributed by atoms with E-state index in [1.807, 2.05) is 18.2 Å². The first-order valence-corrected chi connectivity index (χ1v) is 9.25. The zero-order chi connectivity index (χ0) is 18.7. The van der Waals surface area contributed by atoms with Crippen molar-refractivity contribution in [2.45, 2.75) is 19.9 Å². The van der Waals surface area contributed by atoms with Gasteiger partial charge in [0.1, 0.15) is 6.54 Å². The quantitative estimate of drug-likeness (QED) is 0.638. The summed E-state index contributed by atoms with van der Waals surface area (Å²) in [6.45, 7) is 2.06. The minimum absolute atomic E-state index is 0.0173. The normalized spacial score (nSPS) is 11.7. The molecule has 0 saturated carbocycles. The number of aromatic nitrogens is 1. The Balaban J connectivity index is 2.16. The molecule has 7 heteroatoms. The summed E-state index contributed by atoms with van der Waals surface area (Å²) in [6.07, 6.45) is 0.899. The first kappa shape index (κ1) is 18.4. The molecule has 2 aromatic carbocycles. The molecule has 0 fully saturated rings. The van der Waals surface area contributed by atoms with E-state index in [-0.39, 0.29) is 6.54 Å². The van der Waals surface area contributed by atoms with Gasteiger partial charge in [0.05, 0.1) is 27.9 Å². The lowest BCUT2D eigenvalue weighted by atomic mass is 10.2. The van der Waals surface area contributed by atoms with Crippen LogP contribution in [-0.4, -0.2) is 23.6 Å². The lowest BCUT2D eigenvalue weighted by molar-refractivity contribution is -0.141. The summed E-state index contributed by atoms with van der Waals surface area (Å²) >= 11 is 7.45. The number of aryl methyl sites for hydroxylation is 1. The van der Waals surface area contributed by atoms with E-state index in [9.17, 15) is 9.59 Å². The largest absolute Gasteiger partial charge is 0.468 e. The number of rotatable bonds is 4. The molecule has 3 aromatic rings. The average Bonchev–Trinajstić information content (AvgIpc) is 2.97. The Morgan fingerprint density at radius 1 is 1.23 bits per heavy atom. The number of benzene rings is 2. The van der Waals surface area contributed by atoms with Gasteiger partial charge in [-0.1, -0.05) is 48.1 Å². The highest BCUT2D eigenvalue weighted by Crippen LogP contribution is 2.21. The van der Waals surface area contributed by atoms with Gasteiger partial charge < -0.3 is 9.30 Å². The molecule has 1 amide bonds. The number of hydrogen-bond donors (Lipinski definition) is 0. The van der Waals surface area contributed by atoms with Crippen molar-refractivity contribution in [1.82, 2.24) is 4.57 Å². The van der Waals surface area contributed by atoms with E-state index in [0.29, 0.717) is 15.4 Å². The maximum Gasteiger partial charge on any atom is 0.325 e. The van der Waals surface area contributed by atoms with Gasteiger partial charge in [-0.05, 0) is 36.2 Å². The van der Waals surface area contributed by atoms with E-state index in [2.05, 4.69) is 11.9 Å². The van der Waals surface area contributed by atoms with E-state index in [1.54, 1.807) is 28.8 Å². The highest BCUT2D eigenvalue weighted by molar-refractivity contribution is 7.16. The third-order valence-corrected chi connectivity index (χ3v) is 5.34. The number of carbonyl (C=O) groups excluding carboxylic acids is 2. The average molecular weight is 389 g/mol. The Morgan fingerprint density at radius 2 is 2.00 bits per heavy atom. The molecule has 0 N–H and O–H groups in total. The molecule has 0 bridgehead atoms. The van der Waals surface area contributed by atoms with Crippen LogP contribution in [-0.2, 0) is 22.5 Å². The molecule has 3 rings (SSSR count). The molecular weight excluding hydrogens is 372 g/mol. The van der Waals surface area contributed by atoms with E-state index in [0.717, 1.165) is 16.6 Å². The zero-order valence-corrected chi connectivity index (χ0v) is 15.9. The molecule has 134 valence electrons. The third-order valence-electron chi connectivity index (χ3n) is 3.97. The minimum atomic E-state index is -0.448. The first-order chi connectivity index (χ1) is 12.5. The van der Waals surface area contributed by atoms with Gasteiger partial charge in [-0.25, -0.2) is 0 Å². The lowest BCUT2D eigenvalue weighted by Gasteiger charge is -2.04. The van der Waals surface area contributed by atoms with Crippen LogP contribution in [0.2, 0.25) is 5.02 Å². The fourth-order valence-electron chi connectivity index (χ4n) is 2.55. The van der Waals surface area contributed by atoms with Crippen LogP contribution in [0, 0.1) is 0 Å². The second kappa shape index (κ2) is 7.85. The fourth-order valence-corrected chi connectivity index (χ4v) is 3.86. The predicted molar refractivity (Wildman–Crippen MR) is 103 cm³/mol. The summed E-state index contributed by atoms with van der Waals surface area (Å²) in [5.41, 5.74) is 2.33. The Morgan fingerprint density at radius 3 is 2.69 bits per heavy atom. The number of thiazole rings is 1. The van der Waals surface area contributed by atoms with Crippen LogP contribution in [0.25, 0.3) is 10.2 Å². The number of nitrogens with zero attached hydrogens (tertiary/aromatic N) is 2. The smallest absolute Gasteiger partial charge is 0.325 e. The molecule has 0 aliphatic carbocycles. The molecular formula is C19H17ClN2O3S. The van der Waals surface area contributed by atoms with Crippen LogP contribution >= 0.6 is 22.9 Å². The van der Waals surface area contributed by atoms with E-state index in [4.69, 9.17) is 16.3 Å². The van der Waals surface area contributed by atoms with Crippen molar-refractivity contribution >= 4 is 45.0 Å². The van der Waals surface area contributed by atoms with E-state index < -0.39 is 11.9 Å². The standard InChI is InChI=1S/C19H17ClN2O3S/c1-3-12-8-9-15-16(10-12)26-19(22(15)11-17(23)25-2)21-18(24)13-6-4-5-7-14(13)20/h4-10H,3,11H2,1-2H3. The van der Waals surface area contributed by atoms with Crippen molar-refractivity contribution in [3.63, 3.8) is 0 Å². The van der Waals surface area contributed by atoms with Gasteiger partial charge in [-0.15, -0.1) is 0 Å². The maximum atomic E-state index is 12.6. The molecule has 0 aliphatic rings. The summed E-state index contributed by atoms with van der Waals surface area (Å²) in [6, 6.07) is 12.7. The van der Waals surface area contributed by atoms with Gasteiger partial charge in [0, 0.05) is 0 Å². The van der Waals surface area contributed by atoms with E-state index >= 15 is 0 Å². The lowest BCUT2D eigenvalue weighted by Crippen LogP contribution is -2.22. The number of esters is 1. The Labute approximate surface area is 159 Å². The second-order valence-corrected chi connectivity index (χ2v) is 7.02. The SMILES string of the molecule is CCc1ccc2c(c1)sc(=NC(=O)c1ccccc1Cl)n2CC(=O)OC. The van der Waals surface area contributed by atoms with Crippen LogP contribution in [0.3, 0.4) is 0 Å². The maximum absolute atomic E-state index is 12.6. The van der Waals surface area contributed by atoms with Crippen molar-refractivity contribution in [2.75, 3.05) is 7.11 Å². The molecule has 0 spiro atoms. The van der Waals surface area contributed by atoms with E-state index in [1.165, 1.54) is 24.0 Å². The van der Waals surface area contributed by atoms with Crippen molar-refractivity contribution in [3.8, 4) is 0 Å². The van der Waals surface area contributed by atoms with Gasteiger partial charge in [-0.2, -0.15) is 4.99 Å². The minimum Gasteiger partial charge on any atom is -0.468 e. The monoisotopic (exact) mass is 388 g/mol. The Kier molecular flexibility index (Phi) is 5.54. The molecule has 0 unspecified atom stereocenters. The Bertz CT molecular complexity index is 1050. The number of amides is 1. The number of carbonyl (C=O) groups is 2. The highest BCUT2D eigenvalue weighted by atomic mass is 35.5. The summed E-state index contributed by atoms with van der Waals surface area (Å²) in [4.78, 5) is 29.0. The molecule has 0 atom stereocenters. The molecule has 0 radical (unpaired) electrons. The number of fused-ring (bicyclic) bond motifs is 1. The molecule has 5 nitrogen and oxygen atoms in total. The van der Waals surface area contributed by atoms with Crippen LogP contribution < -0.4 is 4.80 Å². The third kappa shape index (κ3) is 3.71. The van der Waals surface area contributed by atoms with Crippen LogP contribution in [0.4, 0.5) is 0 Å². The van der Waals surface area contributed by atoms with Gasteiger partial charge in [0.2, 0.25) is 0 Å². The summed E-state index contributed by atoms with van der Waals surface area (Å²) in [5.74, 6) is -0.854. The van der Waals surface area contributed by atoms with Crippen molar-refractivity contribution in [1.29, 1.82) is 0 Å². The summed E-state index contributed by atoms with van der Waals surface area (Å²) in [7, 11) is 1.33. The van der Waals surface area contributed by atoms with Gasteiger partial charge in [0.25, 0.3) is 5.91 Å². The van der Waals surface area contributed by atoms with Crippen LogP contribution in [0.15, 0.2) is 47.5 Å². The topological polar surface area (TPSA) is 60.7 Å². The first-order valence-electron chi connectivity index (χ1n) is 8.06. The molecule has 1 heterocycles. The number of hydrogen-bond acceptors (Lipinski definition) is 4. The van der Waals surface area contributed by atoms with Crippen molar-refractivity contribution < 1.29 is 14.3 Å². The molecule has 26 heavy (non-hydrogen) atoms. The van der Waals surface area contributed by atoms with Crippen LogP contribution in [0.5, 0.6) is 0 Å². The molecule has 0 aliphatic heterocycles. The predicted octanol–water partition coefficient (Wildman–Crippen LogP) is 3.83. The summed E-state index contributed by atoms with van der Waals surface area (Å²) in [5, 5.41) is 0.343. The van der Waals surface area contributed by atoms with Crippen molar-refractivity contribution in [2.24, 2.45) is 4.99 Å². The number of ether oxygens (including phenoxy) is 1. The molecule has 0 saturated heterocycles. The van der Waals surface area contributed by atoms with Gasteiger partial charge in [-0.3, -0.25) is 9.59 Å². The zero-order valence-electron chi connectivity index (χ0n) is 14.4. The summed E-state index contributed by atoms with van der Waals surface area (Å²) < 4.78 is 7.43. The number of methoxy groups -OCH3 is 1. The van der Waals surface area contributed by atoms with Crippen LogP contribution in [0.1, 0.15) is 22.8 Å². The fraction of sp³-hybridized carbons (Fsp3) is 0.211. The molecule has 1 aromatic heterocycles. The Hall–Kier alpha value is -2.44. The number of halogens is 1. The van der Waals surface area contributed by atoms with Gasteiger partial charge >= 0.3 is 5.97 Å². The van der Waals surface area contributed by atoms with Gasteiger partial charge in [0.15, 0.2) is 4.80 Å². The van der Waals surface area contributed by atoms with Crippen molar-refractivity contribution in [3.05, 3.63) is 63.4 Å².